The zero-order valence-electron chi connectivity index (χ0n) is 11.2. The van der Waals surface area contributed by atoms with Gasteiger partial charge in [-0.1, -0.05) is 40.0 Å². The molecule has 0 aromatic heterocycles. The van der Waals surface area contributed by atoms with Crippen molar-refractivity contribution in [2.45, 2.75) is 65.5 Å². The lowest BCUT2D eigenvalue weighted by atomic mass is 10.2. The molecule has 0 bridgehead atoms. The molecule has 0 spiro atoms. The molecule has 0 aromatic carbocycles. The molecule has 1 rings (SSSR count). The third-order valence-corrected chi connectivity index (χ3v) is 3.13. The first-order valence-electron chi connectivity index (χ1n) is 6.89. The lowest BCUT2D eigenvalue weighted by Gasteiger charge is -2.30. The molecule has 0 saturated carbocycles. The van der Waals surface area contributed by atoms with E-state index in [1.165, 1.54) is 38.5 Å². The van der Waals surface area contributed by atoms with Crippen LogP contribution in [0.15, 0.2) is 5.10 Å². The second kappa shape index (κ2) is 7.53. The Labute approximate surface area is 100 Å². The predicted octanol–water partition coefficient (Wildman–Crippen LogP) is 3.27. The minimum absolute atomic E-state index is 0.531. The Bertz CT molecular complexity index is 185. The fraction of sp³-hybridized carbons (Fsp3) is 0.923. The van der Waals surface area contributed by atoms with Gasteiger partial charge in [-0.15, -0.1) is 0 Å². The zero-order chi connectivity index (χ0) is 11.8. The molecule has 94 valence electrons. The summed E-state index contributed by atoms with van der Waals surface area (Å²) in [4.78, 5) is 2.42. The van der Waals surface area contributed by atoms with Crippen molar-refractivity contribution in [1.82, 2.24) is 9.91 Å². The Hall–Kier alpha value is -0.730. The van der Waals surface area contributed by atoms with Gasteiger partial charge in [0.1, 0.15) is 12.5 Å². The van der Waals surface area contributed by atoms with Gasteiger partial charge < -0.3 is 4.90 Å². The Morgan fingerprint density at radius 1 is 1.00 bits per heavy atom. The van der Waals surface area contributed by atoms with Gasteiger partial charge in [-0.25, -0.2) is 0 Å². The molecule has 3 heteroatoms. The molecule has 0 amide bonds. The highest BCUT2D eigenvalue weighted by Crippen LogP contribution is 2.18. The fourth-order valence-corrected chi connectivity index (χ4v) is 2.11. The Kier molecular flexibility index (Phi) is 6.27. The summed E-state index contributed by atoms with van der Waals surface area (Å²) >= 11 is 0. The van der Waals surface area contributed by atoms with E-state index in [0.29, 0.717) is 6.17 Å². The van der Waals surface area contributed by atoms with Crippen molar-refractivity contribution >= 4 is 6.34 Å². The van der Waals surface area contributed by atoms with Crippen LogP contribution in [0.4, 0.5) is 0 Å². The second-order valence-electron chi connectivity index (χ2n) is 4.61. The van der Waals surface area contributed by atoms with Crippen LogP contribution >= 0.6 is 0 Å². The highest BCUT2D eigenvalue weighted by molar-refractivity contribution is 5.57. The van der Waals surface area contributed by atoms with Gasteiger partial charge in [-0.3, -0.25) is 5.01 Å². The number of unbranched alkanes of at least 4 members (excludes halogenated alkanes) is 2. The Morgan fingerprint density at radius 2 is 1.69 bits per heavy atom. The van der Waals surface area contributed by atoms with Crippen LogP contribution in [0.1, 0.15) is 59.3 Å². The largest absolute Gasteiger partial charge is 0.339 e. The van der Waals surface area contributed by atoms with E-state index in [1.54, 1.807) is 0 Å². The number of hydrogen-bond acceptors (Lipinski definition) is 3. The Morgan fingerprint density at radius 3 is 2.31 bits per heavy atom. The summed E-state index contributed by atoms with van der Waals surface area (Å²) in [6.45, 7) is 9.02. The van der Waals surface area contributed by atoms with Gasteiger partial charge in [-0.2, -0.15) is 5.10 Å². The minimum Gasteiger partial charge on any atom is -0.339 e. The molecule has 16 heavy (non-hydrogen) atoms. The van der Waals surface area contributed by atoms with Crippen molar-refractivity contribution in [3.8, 4) is 0 Å². The molecule has 1 atom stereocenters. The van der Waals surface area contributed by atoms with Crippen LogP contribution in [-0.4, -0.2) is 35.5 Å². The number of hydrogen-bond donors (Lipinski definition) is 0. The summed E-state index contributed by atoms with van der Waals surface area (Å²) in [5.41, 5.74) is 0. The molecule has 0 aliphatic carbocycles. The second-order valence-corrected chi connectivity index (χ2v) is 4.61. The van der Waals surface area contributed by atoms with Crippen LogP contribution < -0.4 is 0 Å². The van der Waals surface area contributed by atoms with Crippen molar-refractivity contribution in [2.24, 2.45) is 5.10 Å². The lowest BCUT2D eigenvalue weighted by Crippen LogP contribution is -2.40. The van der Waals surface area contributed by atoms with Crippen LogP contribution in [-0.2, 0) is 0 Å². The van der Waals surface area contributed by atoms with E-state index in [2.05, 4.69) is 35.8 Å². The van der Waals surface area contributed by atoms with Gasteiger partial charge in [0, 0.05) is 13.1 Å². The minimum atomic E-state index is 0.531. The molecule has 1 heterocycles. The number of hydrazone groups is 1. The molecule has 0 aromatic rings. The molecule has 0 N–H and O–H groups in total. The van der Waals surface area contributed by atoms with E-state index in [4.69, 9.17) is 0 Å². The molecule has 0 fully saturated rings. The molecule has 1 unspecified atom stereocenters. The van der Waals surface area contributed by atoms with Gasteiger partial charge >= 0.3 is 0 Å². The standard InChI is InChI=1S/C13H27N3/c1-4-7-10-15-12-14-16(11-8-5-2)13(15)9-6-3/h12-13H,4-11H2,1-3H3. The van der Waals surface area contributed by atoms with Gasteiger partial charge in [-0.05, 0) is 19.3 Å². The summed E-state index contributed by atoms with van der Waals surface area (Å²) in [7, 11) is 0. The smallest absolute Gasteiger partial charge is 0.119 e. The van der Waals surface area contributed by atoms with Crippen LogP contribution in [0.5, 0.6) is 0 Å². The monoisotopic (exact) mass is 225 g/mol. The molecular formula is C13H27N3. The maximum Gasteiger partial charge on any atom is 0.119 e. The van der Waals surface area contributed by atoms with Crippen molar-refractivity contribution in [1.29, 1.82) is 0 Å². The average molecular weight is 225 g/mol. The highest BCUT2D eigenvalue weighted by atomic mass is 15.6. The van der Waals surface area contributed by atoms with E-state index in [1.807, 2.05) is 6.34 Å². The molecule has 1 aliphatic rings. The Balaban J connectivity index is 2.43. The number of nitrogens with zero attached hydrogens (tertiary/aromatic N) is 3. The van der Waals surface area contributed by atoms with Crippen molar-refractivity contribution < 1.29 is 0 Å². The average Bonchev–Trinajstić information content (AvgIpc) is 2.67. The normalized spacial score (nSPS) is 19.8. The maximum atomic E-state index is 4.54. The van der Waals surface area contributed by atoms with Gasteiger partial charge in [0.2, 0.25) is 0 Å². The summed E-state index contributed by atoms with van der Waals surface area (Å²) in [5, 5.41) is 6.82. The van der Waals surface area contributed by atoms with Gasteiger partial charge in [0.25, 0.3) is 0 Å². The van der Waals surface area contributed by atoms with Crippen LogP contribution in [0.25, 0.3) is 0 Å². The van der Waals surface area contributed by atoms with Gasteiger partial charge in [0.15, 0.2) is 0 Å². The summed E-state index contributed by atoms with van der Waals surface area (Å²) in [6, 6.07) is 0. The zero-order valence-corrected chi connectivity index (χ0v) is 11.2. The van der Waals surface area contributed by atoms with Crippen molar-refractivity contribution in [3.05, 3.63) is 0 Å². The number of rotatable bonds is 8. The first kappa shape index (κ1) is 13.3. The van der Waals surface area contributed by atoms with Crippen LogP contribution in [0.2, 0.25) is 0 Å². The van der Waals surface area contributed by atoms with E-state index in [0.717, 1.165) is 13.1 Å². The lowest BCUT2D eigenvalue weighted by molar-refractivity contribution is 0.119. The van der Waals surface area contributed by atoms with Crippen molar-refractivity contribution in [2.75, 3.05) is 13.1 Å². The summed E-state index contributed by atoms with van der Waals surface area (Å²) in [6.07, 6.45) is 10.1. The highest BCUT2D eigenvalue weighted by Gasteiger charge is 2.25. The molecule has 3 nitrogen and oxygen atoms in total. The first-order valence-corrected chi connectivity index (χ1v) is 6.89. The molecule has 0 saturated heterocycles. The van der Waals surface area contributed by atoms with E-state index < -0.39 is 0 Å². The SMILES string of the molecule is CCCCN1C=NN(CCCC)C1CCC. The maximum absolute atomic E-state index is 4.54. The van der Waals surface area contributed by atoms with Crippen LogP contribution in [0, 0.1) is 0 Å². The van der Waals surface area contributed by atoms with Crippen molar-refractivity contribution in [3.63, 3.8) is 0 Å². The summed E-state index contributed by atoms with van der Waals surface area (Å²) in [5.74, 6) is 0. The third-order valence-electron chi connectivity index (χ3n) is 3.13. The van der Waals surface area contributed by atoms with E-state index in [-0.39, 0.29) is 0 Å². The predicted molar refractivity (Wildman–Crippen MR) is 70.4 cm³/mol. The topological polar surface area (TPSA) is 18.8 Å². The quantitative estimate of drug-likeness (QED) is 0.631. The van der Waals surface area contributed by atoms with E-state index >= 15 is 0 Å². The van der Waals surface area contributed by atoms with E-state index in [9.17, 15) is 0 Å². The molecular weight excluding hydrogens is 198 g/mol. The van der Waals surface area contributed by atoms with Crippen LogP contribution in [0.3, 0.4) is 0 Å². The molecule has 1 aliphatic heterocycles. The summed E-state index contributed by atoms with van der Waals surface area (Å²) < 4.78 is 0. The third kappa shape index (κ3) is 3.69. The van der Waals surface area contributed by atoms with Gasteiger partial charge in [0.05, 0.1) is 0 Å². The molecule has 0 radical (unpaired) electrons. The fourth-order valence-electron chi connectivity index (χ4n) is 2.11. The first-order chi connectivity index (χ1) is 7.83.